The predicted molar refractivity (Wildman–Crippen MR) is 83.2 cm³/mol. The number of halogens is 3. The van der Waals surface area contributed by atoms with Crippen molar-refractivity contribution in [3.63, 3.8) is 0 Å². The molecule has 3 N–H and O–H groups in total. The second-order valence-electron chi connectivity index (χ2n) is 3.86. The van der Waals surface area contributed by atoms with Crippen molar-refractivity contribution < 1.29 is 9.18 Å². The van der Waals surface area contributed by atoms with E-state index < -0.39 is 0 Å². The summed E-state index contributed by atoms with van der Waals surface area (Å²) in [7, 11) is 0. The lowest BCUT2D eigenvalue weighted by Gasteiger charge is -2.05. The number of carbonyl (C=O) groups is 1. The van der Waals surface area contributed by atoms with Crippen LogP contribution in [-0.4, -0.2) is 5.91 Å². The summed E-state index contributed by atoms with van der Waals surface area (Å²) in [4.78, 5) is 11.9. The van der Waals surface area contributed by atoms with Gasteiger partial charge in [-0.25, -0.2) is 4.39 Å². The molecule has 2 aromatic carbocycles. The Morgan fingerprint density at radius 1 is 1.00 bits per heavy atom. The molecule has 6 heteroatoms. The lowest BCUT2D eigenvalue weighted by molar-refractivity contribution is 0.102. The van der Waals surface area contributed by atoms with Crippen LogP contribution in [0.25, 0.3) is 0 Å². The fourth-order valence-electron chi connectivity index (χ4n) is 1.53. The minimum Gasteiger partial charge on any atom is -0.326 e. The van der Waals surface area contributed by atoms with E-state index in [0.29, 0.717) is 17.8 Å². The first-order valence-electron chi connectivity index (χ1n) is 5.55. The summed E-state index contributed by atoms with van der Waals surface area (Å²) in [5.74, 6) is -0.564. The van der Waals surface area contributed by atoms with Crippen molar-refractivity contribution in [3.05, 3.63) is 65.5 Å². The standard InChI is InChI=1S/C14H13FN2O.2ClH/c15-12-5-7-13(8-6-12)17-14(18)11-3-1-10(9-16)2-4-11;;/h1-8H,9,16H2,(H,17,18);2*1H. The summed E-state index contributed by atoms with van der Waals surface area (Å²) < 4.78 is 12.7. The van der Waals surface area contributed by atoms with Crippen LogP contribution >= 0.6 is 24.8 Å². The highest BCUT2D eigenvalue weighted by atomic mass is 35.5. The number of hydrogen-bond donors (Lipinski definition) is 2. The molecule has 20 heavy (non-hydrogen) atoms. The van der Waals surface area contributed by atoms with E-state index >= 15 is 0 Å². The van der Waals surface area contributed by atoms with Crippen molar-refractivity contribution in [2.45, 2.75) is 6.54 Å². The minimum absolute atomic E-state index is 0. The highest BCUT2D eigenvalue weighted by Crippen LogP contribution is 2.11. The Morgan fingerprint density at radius 2 is 1.55 bits per heavy atom. The summed E-state index contributed by atoms with van der Waals surface area (Å²) in [6, 6.07) is 12.7. The summed E-state index contributed by atoms with van der Waals surface area (Å²) in [5.41, 5.74) is 7.54. The Morgan fingerprint density at radius 3 is 2.05 bits per heavy atom. The van der Waals surface area contributed by atoms with E-state index in [2.05, 4.69) is 5.32 Å². The third-order valence-corrected chi connectivity index (χ3v) is 2.55. The lowest BCUT2D eigenvalue weighted by Crippen LogP contribution is -2.12. The molecule has 0 saturated carbocycles. The SMILES string of the molecule is Cl.Cl.NCc1ccc(C(=O)Nc2ccc(F)cc2)cc1. The molecule has 0 unspecified atom stereocenters. The topological polar surface area (TPSA) is 55.1 Å². The largest absolute Gasteiger partial charge is 0.326 e. The van der Waals surface area contributed by atoms with Gasteiger partial charge in [0.2, 0.25) is 0 Å². The van der Waals surface area contributed by atoms with E-state index in [4.69, 9.17) is 5.73 Å². The number of hydrogen-bond acceptors (Lipinski definition) is 2. The van der Waals surface area contributed by atoms with Gasteiger partial charge in [0.05, 0.1) is 0 Å². The Bertz CT molecular complexity index is 544. The van der Waals surface area contributed by atoms with Crippen molar-refractivity contribution in [2.75, 3.05) is 5.32 Å². The van der Waals surface area contributed by atoms with E-state index in [-0.39, 0.29) is 36.5 Å². The van der Waals surface area contributed by atoms with Crippen LogP contribution in [-0.2, 0) is 6.54 Å². The smallest absolute Gasteiger partial charge is 0.255 e. The van der Waals surface area contributed by atoms with Crippen LogP contribution in [0.4, 0.5) is 10.1 Å². The van der Waals surface area contributed by atoms with E-state index in [1.807, 2.05) is 0 Å². The average Bonchev–Trinajstić information content (AvgIpc) is 2.41. The third kappa shape index (κ3) is 4.81. The molecule has 0 radical (unpaired) electrons. The first-order valence-corrected chi connectivity index (χ1v) is 5.55. The molecule has 0 atom stereocenters. The molecular weight excluding hydrogens is 302 g/mol. The maximum atomic E-state index is 12.7. The van der Waals surface area contributed by atoms with Gasteiger partial charge in [-0.2, -0.15) is 0 Å². The summed E-state index contributed by atoms with van der Waals surface area (Å²) in [5, 5.41) is 2.69. The van der Waals surface area contributed by atoms with Gasteiger partial charge in [-0.1, -0.05) is 12.1 Å². The zero-order valence-corrected chi connectivity index (χ0v) is 12.1. The van der Waals surface area contributed by atoms with Crippen molar-refractivity contribution in [3.8, 4) is 0 Å². The second kappa shape index (κ2) is 8.53. The molecular formula is C14H15Cl2FN2O. The van der Waals surface area contributed by atoms with Crippen molar-refractivity contribution >= 4 is 36.4 Å². The molecule has 0 aliphatic rings. The Labute approximate surface area is 129 Å². The Hall–Kier alpha value is -1.62. The third-order valence-electron chi connectivity index (χ3n) is 2.55. The molecule has 0 saturated heterocycles. The fraction of sp³-hybridized carbons (Fsp3) is 0.0714. The van der Waals surface area contributed by atoms with Crippen LogP contribution in [0.1, 0.15) is 15.9 Å². The number of nitrogens with one attached hydrogen (secondary N) is 1. The van der Waals surface area contributed by atoms with Crippen molar-refractivity contribution in [1.29, 1.82) is 0 Å². The fourth-order valence-corrected chi connectivity index (χ4v) is 1.53. The van der Waals surface area contributed by atoms with Gasteiger partial charge in [0.25, 0.3) is 5.91 Å². The molecule has 2 aromatic rings. The monoisotopic (exact) mass is 316 g/mol. The molecule has 0 aliphatic carbocycles. The molecule has 0 aliphatic heterocycles. The van der Waals surface area contributed by atoms with Crippen LogP contribution in [0.5, 0.6) is 0 Å². The Kier molecular flexibility index (Phi) is 7.84. The summed E-state index contributed by atoms with van der Waals surface area (Å²) in [6.07, 6.45) is 0. The lowest BCUT2D eigenvalue weighted by atomic mass is 10.1. The molecule has 0 heterocycles. The van der Waals surface area contributed by atoms with Crippen LogP contribution in [0.15, 0.2) is 48.5 Å². The number of rotatable bonds is 3. The van der Waals surface area contributed by atoms with Gasteiger partial charge in [0, 0.05) is 17.8 Å². The minimum atomic E-state index is -0.333. The first kappa shape index (κ1) is 18.4. The molecule has 0 fully saturated rings. The molecule has 2 rings (SSSR count). The van der Waals surface area contributed by atoms with Crippen LogP contribution < -0.4 is 11.1 Å². The van der Waals surface area contributed by atoms with Crippen LogP contribution in [0, 0.1) is 5.82 Å². The molecule has 108 valence electrons. The van der Waals surface area contributed by atoms with E-state index in [9.17, 15) is 9.18 Å². The van der Waals surface area contributed by atoms with E-state index in [1.165, 1.54) is 24.3 Å². The van der Waals surface area contributed by atoms with Gasteiger partial charge in [-0.05, 0) is 42.0 Å². The second-order valence-corrected chi connectivity index (χ2v) is 3.86. The number of amides is 1. The zero-order chi connectivity index (χ0) is 13.0. The van der Waals surface area contributed by atoms with E-state index in [0.717, 1.165) is 5.56 Å². The highest BCUT2D eigenvalue weighted by Gasteiger charge is 2.05. The predicted octanol–water partition coefficient (Wildman–Crippen LogP) is 3.38. The van der Waals surface area contributed by atoms with Crippen molar-refractivity contribution in [2.24, 2.45) is 5.73 Å². The maximum Gasteiger partial charge on any atom is 0.255 e. The summed E-state index contributed by atoms with van der Waals surface area (Å²) >= 11 is 0. The van der Waals surface area contributed by atoms with Gasteiger partial charge < -0.3 is 11.1 Å². The number of anilines is 1. The zero-order valence-electron chi connectivity index (χ0n) is 10.5. The quantitative estimate of drug-likeness (QED) is 0.912. The van der Waals surface area contributed by atoms with E-state index in [1.54, 1.807) is 24.3 Å². The molecule has 0 aromatic heterocycles. The molecule has 0 bridgehead atoms. The molecule has 1 amide bonds. The van der Waals surface area contributed by atoms with Crippen LogP contribution in [0.2, 0.25) is 0 Å². The number of nitrogens with two attached hydrogens (primary N) is 1. The Balaban J connectivity index is 0.00000180. The highest BCUT2D eigenvalue weighted by molar-refractivity contribution is 6.04. The maximum absolute atomic E-state index is 12.7. The molecule has 3 nitrogen and oxygen atoms in total. The average molecular weight is 317 g/mol. The first-order chi connectivity index (χ1) is 8.69. The van der Waals surface area contributed by atoms with Crippen LogP contribution in [0.3, 0.4) is 0 Å². The molecule has 0 spiro atoms. The van der Waals surface area contributed by atoms with Gasteiger partial charge in [-0.3, -0.25) is 4.79 Å². The van der Waals surface area contributed by atoms with Crippen molar-refractivity contribution in [1.82, 2.24) is 0 Å². The van der Waals surface area contributed by atoms with Gasteiger partial charge in [0.15, 0.2) is 0 Å². The normalized spacial score (nSPS) is 9.10. The summed E-state index contributed by atoms with van der Waals surface area (Å²) in [6.45, 7) is 0.444. The number of benzene rings is 2. The van der Waals surface area contributed by atoms with Gasteiger partial charge >= 0.3 is 0 Å². The number of carbonyl (C=O) groups excluding carboxylic acids is 1. The van der Waals surface area contributed by atoms with Gasteiger partial charge in [-0.15, -0.1) is 24.8 Å². The van der Waals surface area contributed by atoms with Gasteiger partial charge in [0.1, 0.15) is 5.82 Å².